The van der Waals surface area contributed by atoms with Crippen LogP contribution in [0.3, 0.4) is 0 Å². The molecule has 1 unspecified atom stereocenters. The number of carbonyl (C=O) groups is 2. The average molecular weight is 221 g/mol. The third-order valence-corrected chi connectivity index (χ3v) is 2.12. The van der Waals surface area contributed by atoms with Crippen LogP contribution in [-0.2, 0) is 14.3 Å². The first-order valence-electron chi connectivity index (χ1n) is 4.17. The highest BCUT2D eigenvalue weighted by atomic mass is 32.2. The first-order valence-corrected chi connectivity index (χ1v) is 5.56. The molecule has 3 N–H and O–H groups in total. The number of aliphatic hydroxyl groups is 1. The van der Waals surface area contributed by atoms with Gasteiger partial charge in [-0.25, -0.2) is 9.59 Å². The second-order valence-electron chi connectivity index (χ2n) is 2.80. The maximum Gasteiger partial charge on any atom is 0.342 e. The fourth-order valence-electron chi connectivity index (χ4n) is 0.623. The molecule has 6 heteroatoms. The molecule has 0 aliphatic carbocycles. The van der Waals surface area contributed by atoms with Gasteiger partial charge in [-0.05, 0) is 25.4 Å². The number of hydrogen-bond acceptors (Lipinski definition) is 6. The van der Waals surface area contributed by atoms with Crippen LogP contribution in [0.5, 0.6) is 0 Å². The van der Waals surface area contributed by atoms with Crippen LogP contribution in [0.15, 0.2) is 0 Å². The van der Waals surface area contributed by atoms with Crippen LogP contribution >= 0.6 is 11.8 Å². The van der Waals surface area contributed by atoms with Crippen molar-refractivity contribution in [3.63, 3.8) is 0 Å². The Kier molecular flexibility index (Phi) is 6.52. The van der Waals surface area contributed by atoms with Crippen LogP contribution in [0.2, 0.25) is 0 Å². The van der Waals surface area contributed by atoms with Gasteiger partial charge in [-0.1, -0.05) is 0 Å². The summed E-state index contributed by atoms with van der Waals surface area (Å²) in [6, 6.07) is -0.801. The van der Waals surface area contributed by atoms with E-state index in [9.17, 15) is 9.59 Å². The van der Waals surface area contributed by atoms with Crippen molar-refractivity contribution in [1.82, 2.24) is 0 Å². The molecule has 0 saturated carbocycles. The summed E-state index contributed by atoms with van der Waals surface area (Å²) in [6.45, 7) is 1.23. The van der Waals surface area contributed by atoms with Gasteiger partial charge in [-0.15, -0.1) is 0 Å². The quantitative estimate of drug-likeness (QED) is 0.481. The van der Waals surface area contributed by atoms with E-state index in [1.807, 2.05) is 6.26 Å². The molecule has 2 atom stereocenters. The lowest BCUT2D eigenvalue weighted by Gasteiger charge is -2.10. The third-order valence-electron chi connectivity index (χ3n) is 1.48. The second-order valence-corrected chi connectivity index (χ2v) is 3.79. The van der Waals surface area contributed by atoms with Gasteiger partial charge in [0.05, 0.1) is 0 Å². The summed E-state index contributed by atoms with van der Waals surface area (Å²) in [5.74, 6) is -1.03. The lowest BCUT2D eigenvalue weighted by atomic mass is 10.2. The number of nitrogens with two attached hydrogens (primary N) is 1. The highest BCUT2D eigenvalue weighted by Gasteiger charge is 2.20. The van der Waals surface area contributed by atoms with Crippen molar-refractivity contribution in [3.05, 3.63) is 0 Å². The molecule has 0 aliphatic heterocycles. The van der Waals surface area contributed by atoms with Gasteiger partial charge in [0.25, 0.3) is 0 Å². The average Bonchev–Trinajstić information content (AvgIpc) is 2.13. The van der Waals surface area contributed by atoms with E-state index < -0.39 is 24.1 Å². The molecular formula is C8H15NO4S. The van der Waals surface area contributed by atoms with E-state index >= 15 is 0 Å². The maximum absolute atomic E-state index is 11.1. The molecule has 0 fully saturated rings. The second kappa shape index (κ2) is 6.80. The van der Waals surface area contributed by atoms with Crippen LogP contribution in [0.4, 0.5) is 0 Å². The molecule has 0 amide bonds. The van der Waals surface area contributed by atoms with E-state index in [0.29, 0.717) is 6.42 Å². The van der Waals surface area contributed by atoms with Gasteiger partial charge in [-0.3, -0.25) is 0 Å². The first-order chi connectivity index (χ1) is 6.49. The number of ether oxygens (including phenoxy) is 1. The molecule has 5 nitrogen and oxygen atoms in total. The van der Waals surface area contributed by atoms with E-state index in [1.54, 1.807) is 11.8 Å². The van der Waals surface area contributed by atoms with Crippen molar-refractivity contribution < 1.29 is 19.4 Å². The smallest absolute Gasteiger partial charge is 0.342 e. The fourth-order valence-corrected chi connectivity index (χ4v) is 1.11. The molecule has 0 spiro atoms. The molecule has 0 rings (SSSR count). The SMILES string of the molecule is CSCC[C@H](N)C(=O)OC(=O)C(C)O. The molecule has 0 aromatic heterocycles. The zero-order chi connectivity index (χ0) is 11.1. The van der Waals surface area contributed by atoms with Crippen molar-refractivity contribution in [3.8, 4) is 0 Å². The molecule has 0 aromatic rings. The Morgan fingerprint density at radius 1 is 1.50 bits per heavy atom. The summed E-state index contributed by atoms with van der Waals surface area (Å²) >= 11 is 1.55. The van der Waals surface area contributed by atoms with Gasteiger partial charge in [0.2, 0.25) is 0 Å². The van der Waals surface area contributed by atoms with Gasteiger partial charge < -0.3 is 15.6 Å². The van der Waals surface area contributed by atoms with Gasteiger partial charge in [0.15, 0.2) is 0 Å². The summed E-state index contributed by atoms with van der Waals surface area (Å²) in [5.41, 5.74) is 5.43. The fraction of sp³-hybridized carbons (Fsp3) is 0.750. The number of rotatable bonds is 5. The third kappa shape index (κ3) is 5.21. The molecular weight excluding hydrogens is 206 g/mol. The highest BCUT2D eigenvalue weighted by molar-refractivity contribution is 7.98. The van der Waals surface area contributed by atoms with Gasteiger partial charge in [0.1, 0.15) is 12.1 Å². The Morgan fingerprint density at radius 2 is 2.07 bits per heavy atom. The standard InChI is InChI=1S/C8H15NO4S/c1-5(10)7(11)13-8(12)6(9)3-4-14-2/h5-6,10H,3-4,9H2,1-2H3/t5?,6-/m0/s1. The maximum atomic E-state index is 11.1. The number of hydrogen-bond donors (Lipinski definition) is 2. The van der Waals surface area contributed by atoms with Crippen molar-refractivity contribution >= 4 is 23.7 Å². The summed E-state index contributed by atoms with van der Waals surface area (Å²) in [4.78, 5) is 21.9. The summed E-state index contributed by atoms with van der Waals surface area (Å²) in [5, 5.41) is 8.76. The van der Waals surface area contributed by atoms with E-state index in [4.69, 9.17) is 10.8 Å². The Balaban J connectivity index is 3.89. The number of thioether (sulfide) groups is 1. The van der Waals surface area contributed by atoms with Crippen molar-refractivity contribution in [1.29, 1.82) is 0 Å². The van der Waals surface area contributed by atoms with Gasteiger partial charge in [0, 0.05) is 0 Å². The minimum Gasteiger partial charge on any atom is -0.390 e. The minimum absolute atomic E-state index is 0.451. The summed E-state index contributed by atoms with van der Waals surface area (Å²) in [7, 11) is 0. The topological polar surface area (TPSA) is 89.6 Å². The zero-order valence-corrected chi connectivity index (χ0v) is 9.04. The molecule has 0 heterocycles. The van der Waals surface area contributed by atoms with Gasteiger partial charge >= 0.3 is 11.9 Å². The Hall–Kier alpha value is -0.590. The van der Waals surface area contributed by atoms with Gasteiger partial charge in [-0.2, -0.15) is 11.8 Å². The molecule has 0 aliphatic rings. The summed E-state index contributed by atoms with van der Waals surface area (Å²) < 4.78 is 4.31. The highest BCUT2D eigenvalue weighted by Crippen LogP contribution is 2.01. The molecule has 0 radical (unpaired) electrons. The van der Waals surface area contributed by atoms with Crippen LogP contribution < -0.4 is 5.73 Å². The lowest BCUT2D eigenvalue weighted by Crippen LogP contribution is -2.36. The van der Waals surface area contributed by atoms with Crippen LogP contribution in [0.1, 0.15) is 13.3 Å². The van der Waals surface area contributed by atoms with Crippen molar-refractivity contribution in [2.24, 2.45) is 5.73 Å². The Morgan fingerprint density at radius 3 is 2.50 bits per heavy atom. The first kappa shape index (κ1) is 13.4. The Bertz CT molecular complexity index is 208. The molecule has 82 valence electrons. The van der Waals surface area contributed by atoms with E-state index in [0.717, 1.165) is 5.75 Å². The molecule has 14 heavy (non-hydrogen) atoms. The minimum atomic E-state index is -1.30. The molecule has 0 bridgehead atoms. The normalized spacial score (nSPS) is 14.6. The predicted molar refractivity (Wildman–Crippen MR) is 53.8 cm³/mol. The summed E-state index contributed by atoms with van der Waals surface area (Å²) in [6.07, 6.45) is 1.04. The largest absolute Gasteiger partial charge is 0.390 e. The molecule has 0 saturated heterocycles. The van der Waals surface area contributed by atoms with Crippen LogP contribution in [-0.4, -0.2) is 41.2 Å². The van der Waals surface area contributed by atoms with E-state index in [1.165, 1.54) is 6.92 Å². The monoisotopic (exact) mass is 221 g/mol. The zero-order valence-electron chi connectivity index (χ0n) is 8.23. The molecule has 0 aromatic carbocycles. The van der Waals surface area contributed by atoms with Crippen LogP contribution in [0, 0.1) is 0 Å². The van der Waals surface area contributed by atoms with E-state index in [2.05, 4.69) is 4.74 Å². The number of esters is 2. The van der Waals surface area contributed by atoms with Crippen molar-refractivity contribution in [2.75, 3.05) is 12.0 Å². The van der Waals surface area contributed by atoms with Crippen molar-refractivity contribution in [2.45, 2.75) is 25.5 Å². The van der Waals surface area contributed by atoms with Crippen LogP contribution in [0.25, 0.3) is 0 Å². The lowest BCUT2D eigenvalue weighted by molar-refractivity contribution is -0.166. The Labute approximate surface area is 87.0 Å². The predicted octanol–water partition coefficient (Wildman–Crippen LogP) is -0.483. The number of carbonyl (C=O) groups excluding carboxylic acids is 2. The number of aliphatic hydroxyl groups excluding tert-OH is 1. The van der Waals surface area contributed by atoms with E-state index in [-0.39, 0.29) is 0 Å².